The van der Waals surface area contributed by atoms with Crippen LogP contribution in [0.4, 0.5) is 0 Å². The molecule has 106 valence electrons. The molecule has 0 aliphatic carbocycles. The monoisotopic (exact) mass is 262 g/mol. The minimum Gasteiger partial charge on any atom is -0.338 e. The topological polar surface area (TPSA) is 24.3 Å². The van der Waals surface area contributed by atoms with Gasteiger partial charge in [-0.3, -0.25) is 9.80 Å². The first-order valence-corrected chi connectivity index (χ1v) is 7.34. The highest BCUT2D eigenvalue weighted by Gasteiger charge is 2.46. The average Bonchev–Trinajstić information content (AvgIpc) is 2.65. The van der Waals surface area contributed by atoms with Crippen molar-refractivity contribution in [3.05, 3.63) is 17.7 Å². The lowest BCUT2D eigenvalue weighted by Crippen LogP contribution is -2.70. The van der Waals surface area contributed by atoms with Crippen LogP contribution in [0.25, 0.3) is 0 Å². The number of piperidine rings is 1. The molecule has 2 aliphatic rings. The molecule has 3 rings (SSSR count). The van der Waals surface area contributed by atoms with E-state index in [1.54, 1.807) is 0 Å². The van der Waals surface area contributed by atoms with Crippen molar-refractivity contribution in [3.8, 4) is 0 Å². The number of piperazine rings is 1. The predicted octanol–water partition coefficient (Wildman–Crippen LogP) is 1.79. The van der Waals surface area contributed by atoms with Gasteiger partial charge < -0.3 is 4.57 Å². The standard InChI is InChI=1S/C15H26N4/c1-11-16-12(7-17(11)5)8-19-13-6-14(19)10-18(9-13)15(2,3)4/h7,13-14H,6,8-10H2,1-5H3. The SMILES string of the molecule is Cc1nc(CN2C3CC2CN(C(C)(C)C)C3)cn1C. The summed E-state index contributed by atoms with van der Waals surface area (Å²) in [4.78, 5) is 9.91. The van der Waals surface area contributed by atoms with Crippen molar-refractivity contribution in [2.24, 2.45) is 7.05 Å². The van der Waals surface area contributed by atoms with E-state index in [1.165, 1.54) is 25.2 Å². The Hall–Kier alpha value is -0.870. The zero-order valence-electron chi connectivity index (χ0n) is 12.8. The minimum atomic E-state index is 0.310. The normalized spacial score (nSPS) is 28.5. The number of hydrogen-bond acceptors (Lipinski definition) is 3. The van der Waals surface area contributed by atoms with E-state index in [0.717, 1.165) is 24.5 Å². The molecule has 0 N–H and O–H groups in total. The third kappa shape index (κ3) is 2.32. The second kappa shape index (κ2) is 4.32. The van der Waals surface area contributed by atoms with E-state index in [4.69, 9.17) is 0 Å². The molecule has 2 aliphatic heterocycles. The van der Waals surface area contributed by atoms with Crippen molar-refractivity contribution < 1.29 is 0 Å². The molecule has 1 aromatic rings. The van der Waals surface area contributed by atoms with Gasteiger partial charge in [-0.1, -0.05) is 0 Å². The summed E-state index contributed by atoms with van der Waals surface area (Å²) < 4.78 is 2.12. The van der Waals surface area contributed by atoms with Crippen molar-refractivity contribution in [1.29, 1.82) is 0 Å². The van der Waals surface area contributed by atoms with Gasteiger partial charge in [0.2, 0.25) is 0 Å². The lowest BCUT2D eigenvalue weighted by molar-refractivity contribution is -0.100. The number of aryl methyl sites for hydroxylation is 2. The largest absolute Gasteiger partial charge is 0.338 e. The summed E-state index contributed by atoms with van der Waals surface area (Å²) in [6, 6.07) is 1.47. The first kappa shape index (κ1) is 13.1. The number of imidazole rings is 1. The minimum absolute atomic E-state index is 0.310. The molecule has 2 saturated heterocycles. The van der Waals surface area contributed by atoms with Crippen LogP contribution in [0, 0.1) is 6.92 Å². The highest BCUT2D eigenvalue weighted by atomic mass is 15.4. The molecule has 0 aromatic carbocycles. The van der Waals surface area contributed by atoms with Crippen LogP contribution in [-0.4, -0.2) is 50.1 Å². The summed E-state index contributed by atoms with van der Waals surface area (Å²) in [6.07, 6.45) is 3.54. The van der Waals surface area contributed by atoms with E-state index in [-0.39, 0.29) is 0 Å². The third-order valence-electron chi connectivity index (χ3n) is 4.80. The molecule has 2 unspecified atom stereocenters. The zero-order chi connectivity index (χ0) is 13.8. The summed E-state index contributed by atoms with van der Waals surface area (Å²) in [5, 5.41) is 0. The number of aromatic nitrogens is 2. The number of nitrogens with zero attached hydrogens (tertiary/aromatic N) is 4. The fourth-order valence-electron chi connectivity index (χ4n) is 3.39. The van der Waals surface area contributed by atoms with Crippen LogP contribution < -0.4 is 0 Å². The Morgan fingerprint density at radius 2 is 1.89 bits per heavy atom. The summed E-state index contributed by atoms with van der Waals surface area (Å²) in [7, 11) is 2.07. The van der Waals surface area contributed by atoms with Gasteiger partial charge in [-0.25, -0.2) is 4.98 Å². The molecule has 19 heavy (non-hydrogen) atoms. The van der Waals surface area contributed by atoms with Gasteiger partial charge in [-0.15, -0.1) is 0 Å². The molecule has 0 spiro atoms. The van der Waals surface area contributed by atoms with Crippen LogP contribution in [-0.2, 0) is 13.6 Å². The maximum Gasteiger partial charge on any atom is 0.105 e. The molecule has 1 aromatic heterocycles. The van der Waals surface area contributed by atoms with E-state index in [2.05, 4.69) is 60.3 Å². The Labute approximate surface area is 116 Å². The Balaban J connectivity index is 1.64. The van der Waals surface area contributed by atoms with Gasteiger partial charge in [-0.2, -0.15) is 0 Å². The van der Waals surface area contributed by atoms with Gasteiger partial charge in [0.15, 0.2) is 0 Å². The van der Waals surface area contributed by atoms with Crippen molar-refractivity contribution in [2.45, 2.75) is 58.3 Å². The zero-order valence-corrected chi connectivity index (χ0v) is 12.8. The molecular formula is C15H26N4. The van der Waals surface area contributed by atoms with Crippen molar-refractivity contribution >= 4 is 0 Å². The number of hydrogen-bond donors (Lipinski definition) is 0. The summed E-state index contributed by atoms with van der Waals surface area (Å²) in [5.41, 5.74) is 1.53. The van der Waals surface area contributed by atoms with Gasteiger partial charge >= 0.3 is 0 Å². The third-order valence-corrected chi connectivity index (χ3v) is 4.80. The first-order chi connectivity index (χ1) is 8.84. The number of fused-ring (bicyclic) bond motifs is 2. The molecule has 2 bridgehead atoms. The van der Waals surface area contributed by atoms with Crippen molar-refractivity contribution in [1.82, 2.24) is 19.4 Å². The molecule has 0 amide bonds. The van der Waals surface area contributed by atoms with E-state index >= 15 is 0 Å². The van der Waals surface area contributed by atoms with Crippen LogP contribution in [0.2, 0.25) is 0 Å². The van der Waals surface area contributed by atoms with Crippen LogP contribution in [0.1, 0.15) is 38.7 Å². The summed E-state index contributed by atoms with van der Waals surface area (Å²) in [6.45, 7) is 12.5. The highest BCUT2D eigenvalue weighted by Crippen LogP contribution is 2.36. The smallest absolute Gasteiger partial charge is 0.105 e. The number of likely N-dealkylation sites (tertiary alicyclic amines) is 2. The van der Waals surface area contributed by atoms with Gasteiger partial charge in [0, 0.05) is 50.5 Å². The quantitative estimate of drug-likeness (QED) is 0.812. The molecule has 4 nitrogen and oxygen atoms in total. The Bertz CT molecular complexity index is 439. The van der Waals surface area contributed by atoms with Crippen molar-refractivity contribution in [2.75, 3.05) is 13.1 Å². The predicted molar refractivity (Wildman–Crippen MR) is 77.0 cm³/mol. The van der Waals surface area contributed by atoms with Gasteiger partial charge in [0.1, 0.15) is 5.82 Å². The van der Waals surface area contributed by atoms with Crippen molar-refractivity contribution in [3.63, 3.8) is 0 Å². The second-order valence-electron chi connectivity index (χ2n) is 7.18. The fraction of sp³-hybridized carbons (Fsp3) is 0.800. The molecular weight excluding hydrogens is 236 g/mol. The maximum absolute atomic E-state index is 4.63. The van der Waals surface area contributed by atoms with E-state index in [9.17, 15) is 0 Å². The molecule has 4 heteroatoms. The molecule has 2 fully saturated rings. The van der Waals surface area contributed by atoms with Crippen LogP contribution in [0.15, 0.2) is 6.20 Å². The van der Waals surface area contributed by atoms with E-state index in [1.807, 2.05) is 0 Å². The Morgan fingerprint density at radius 3 is 2.37 bits per heavy atom. The molecule has 0 radical (unpaired) electrons. The van der Waals surface area contributed by atoms with Gasteiger partial charge in [0.25, 0.3) is 0 Å². The Morgan fingerprint density at radius 1 is 1.26 bits per heavy atom. The lowest BCUT2D eigenvalue weighted by Gasteiger charge is -2.59. The van der Waals surface area contributed by atoms with Crippen LogP contribution in [0.5, 0.6) is 0 Å². The van der Waals surface area contributed by atoms with Crippen LogP contribution >= 0.6 is 0 Å². The lowest BCUT2D eigenvalue weighted by atomic mass is 9.84. The fourth-order valence-corrected chi connectivity index (χ4v) is 3.39. The summed E-state index contributed by atoms with van der Waals surface area (Å²) >= 11 is 0. The molecule has 2 atom stereocenters. The van der Waals surface area contributed by atoms with E-state index in [0.29, 0.717) is 5.54 Å². The molecule has 0 saturated carbocycles. The highest BCUT2D eigenvalue weighted by molar-refractivity contribution is 5.08. The maximum atomic E-state index is 4.63. The van der Waals surface area contributed by atoms with Gasteiger partial charge in [0.05, 0.1) is 5.69 Å². The number of rotatable bonds is 2. The Kier molecular flexibility index (Phi) is 2.98. The molecule has 3 heterocycles. The summed E-state index contributed by atoms with van der Waals surface area (Å²) in [5.74, 6) is 1.11. The van der Waals surface area contributed by atoms with Crippen LogP contribution in [0.3, 0.4) is 0 Å². The van der Waals surface area contributed by atoms with E-state index < -0.39 is 0 Å². The second-order valence-corrected chi connectivity index (χ2v) is 7.18. The average molecular weight is 262 g/mol. The first-order valence-electron chi connectivity index (χ1n) is 7.34. The van der Waals surface area contributed by atoms with Gasteiger partial charge in [-0.05, 0) is 34.1 Å².